The van der Waals surface area contributed by atoms with Crippen LogP contribution in [0.4, 0.5) is 0 Å². The zero-order chi connectivity index (χ0) is 33.4. The summed E-state index contributed by atoms with van der Waals surface area (Å²) in [4.78, 5) is 10.1. The molecule has 0 fully saturated rings. The molecule has 3 nitrogen and oxygen atoms in total. The highest BCUT2D eigenvalue weighted by Gasteiger charge is 2.36. The number of nitrogens with zero attached hydrogens (tertiary/aromatic N) is 3. The third-order valence-corrected chi connectivity index (χ3v) is 10.6. The first kappa shape index (κ1) is 28.7. The first-order valence-corrected chi connectivity index (χ1v) is 17.2. The first-order chi connectivity index (χ1) is 24.5. The summed E-state index contributed by atoms with van der Waals surface area (Å²) in [5.41, 5.74) is 14.3. The molecule has 3 heteroatoms. The van der Waals surface area contributed by atoms with E-state index in [1.165, 1.54) is 54.9 Å². The standard InChI is InChI=1S/C47H33N3/c1-47(2)42-19-11-9-17-37(42)39-22-21-32-26-41-38-18-10-12-20-43(38)50(44(41)27-40(32)45(39)47)46-48-28-36(29-49-46)35-24-33(30-13-5-3-6-14-30)23-34(25-35)31-15-7-4-8-16-31/h3-29H,1-2H3. The van der Waals surface area contributed by atoms with Crippen LogP contribution < -0.4 is 0 Å². The van der Waals surface area contributed by atoms with Gasteiger partial charge in [0.2, 0.25) is 5.95 Å². The zero-order valence-corrected chi connectivity index (χ0v) is 27.9. The molecule has 0 bridgehead atoms. The van der Waals surface area contributed by atoms with Crippen molar-refractivity contribution in [2.24, 2.45) is 0 Å². The molecule has 2 heterocycles. The Balaban J connectivity index is 1.15. The largest absolute Gasteiger partial charge is 0.278 e. The van der Waals surface area contributed by atoms with Gasteiger partial charge in [0, 0.05) is 34.1 Å². The lowest BCUT2D eigenvalue weighted by Gasteiger charge is -2.23. The molecular formula is C47H33N3. The second-order valence-electron chi connectivity index (χ2n) is 13.9. The number of para-hydroxylation sites is 1. The Morgan fingerprint density at radius 2 is 1.04 bits per heavy atom. The van der Waals surface area contributed by atoms with E-state index in [-0.39, 0.29) is 5.41 Å². The summed E-state index contributed by atoms with van der Waals surface area (Å²) in [6, 6.07) is 54.7. The van der Waals surface area contributed by atoms with Gasteiger partial charge in [-0.2, -0.15) is 0 Å². The number of hydrogen-bond acceptors (Lipinski definition) is 2. The molecule has 0 saturated carbocycles. The third-order valence-electron chi connectivity index (χ3n) is 10.6. The van der Waals surface area contributed by atoms with Crippen LogP contribution in [0.2, 0.25) is 0 Å². The van der Waals surface area contributed by atoms with Crippen molar-refractivity contribution in [3.8, 4) is 50.5 Å². The van der Waals surface area contributed by atoms with E-state index in [2.05, 4.69) is 170 Å². The molecule has 2 aromatic heterocycles. The van der Waals surface area contributed by atoms with E-state index in [1.807, 2.05) is 12.4 Å². The van der Waals surface area contributed by atoms with Gasteiger partial charge in [-0.3, -0.25) is 4.57 Å². The predicted octanol–water partition coefficient (Wildman–Crippen LogP) is 12.0. The van der Waals surface area contributed by atoms with Gasteiger partial charge in [-0.05, 0) is 97.2 Å². The van der Waals surface area contributed by atoms with Crippen molar-refractivity contribution in [3.63, 3.8) is 0 Å². The van der Waals surface area contributed by atoms with E-state index in [0.717, 1.165) is 33.3 Å². The maximum Gasteiger partial charge on any atom is 0.234 e. The van der Waals surface area contributed by atoms with Crippen LogP contribution in [-0.2, 0) is 5.41 Å². The van der Waals surface area contributed by atoms with Crippen LogP contribution >= 0.6 is 0 Å². The van der Waals surface area contributed by atoms with Crippen LogP contribution in [0.5, 0.6) is 0 Å². The SMILES string of the molecule is CC1(C)c2ccccc2-c2ccc3cc4c5ccccc5n(-c5ncc(-c6cc(-c7ccccc7)cc(-c7ccccc7)c6)cn5)c4cc3c21. The molecule has 0 spiro atoms. The Bertz CT molecular complexity index is 2700. The monoisotopic (exact) mass is 639 g/mol. The lowest BCUT2D eigenvalue weighted by atomic mass is 9.80. The minimum absolute atomic E-state index is 0.110. The van der Waals surface area contributed by atoms with Crippen LogP contribution in [0, 0.1) is 0 Å². The minimum atomic E-state index is -0.110. The van der Waals surface area contributed by atoms with Crippen LogP contribution in [0.3, 0.4) is 0 Å². The molecule has 0 radical (unpaired) electrons. The Kier molecular flexibility index (Phi) is 6.22. The number of fused-ring (bicyclic) bond motifs is 8. The Morgan fingerprint density at radius 3 is 1.74 bits per heavy atom. The van der Waals surface area contributed by atoms with Crippen LogP contribution in [0.15, 0.2) is 164 Å². The fraction of sp³-hybridized carbons (Fsp3) is 0.0638. The van der Waals surface area contributed by atoms with Gasteiger partial charge in [0.1, 0.15) is 0 Å². The lowest BCUT2D eigenvalue weighted by molar-refractivity contribution is 0.666. The molecule has 1 aliphatic carbocycles. The van der Waals surface area contributed by atoms with Crippen molar-refractivity contribution in [1.82, 2.24) is 14.5 Å². The van der Waals surface area contributed by atoms with Gasteiger partial charge in [-0.25, -0.2) is 9.97 Å². The van der Waals surface area contributed by atoms with E-state index < -0.39 is 0 Å². The highest BCUT2D eigenvalue weighted by molar-refractivity contribution is 6.15. The van der Waals surface area contributed by atoms with E-state index in [0.29, 0.717) is 5.95 Å². The molecule has 10 rings (SSSR count). The highest BCUT2D eigenvalue weighted by atomic mass is 15.1. The van der Waals surface area contributed by atoms with Gasteiger partial charge in [0.25, 0.3) is 0 Å². The predicted molar refractivity (Wildman–Crippen MR) is 208 cm³/mol. The molecule has 0 atom stereocenters. The molecular weight excluding hydrogens is 607 g/mol. The maximum absolute atomic E-state index is 5.07. The second-order valence-corrected chi connectivity index (χ2v) is 13.9. The Hall–Kier alpha value is -6.32. The third kappa shape index (κ3) is 4.30. The summed E-state index contributed by atoms with van der Waals surface area (Å²) < 4.78 is 2.23. The van der Waals surface area contributed by atoms with Crippen LogP contribution in [0.25, 0.3) is 83.0 Å². The highest BCUT2D eigenvalue weighted by Crippen LogP contribution is 2.52. The van der Waals surface area contributed by atoms with Crippen molar-refractivity contribution in [2.45, 2.75) is 19.3 Å². The lowest BCUT2D eigenvalue weighted by Crippen LogP contribution is -2.15. The summed E-state index contributed by atoms with van der Waals surface area (Å²) in [5.74, 6) is 0.664. The van der Waals surface area contributed by atoms with Crippen molar-refractivity contribution in [3.05, 3.63) is 175 Å². The first-order valence-electron chi connectivity index (χ1n) is 17.2. The quantitative estimate of drug-likeness (QED) is 0.192. The summed E-state index contributed by atoms with van der Waals surface area (Å²) in [7, 11) is 0. The average molecular weight is 640 g/mol. The van der Waals surface area contributed by atoms with Gasteiger partial charge in [0.15, 0.2) is 0 Å². The van der Waals surface area contributed by atoms with E-state index in [4.69, 9.17) is 9.97 Å². The average Bonchev–Trinajstić information content (AvgIpc) is 3.62. The van der Waals surface area contributed by atoms with Crippen molar-refractivity contribution < 1.29 is 0 Å². The van der Waals surface area contributed by atoms with Gasteiger partial charge in [0.05, 0.1) is 11.0 Å². The van der Waals surface area contributed by atoms with Crippen LogP contribution in [-0.4, -0.2) is 14.5 Å². The van der Waals surface area contributed by atoms with Gasteiger partial charge >= 0.3 is 0 Å². The fourth-order valence-electron chi connectivity index (χ4n) is 8.27. The molecule has 0 unspecified atom stereocenters. The summed E-state index contributed by atoms with van der Waals surface area (Å²) in [6.45, 7) is 4.71. The number of aromatic nitrogens is 3. The molecule has 0 N–H and O–H groups in total. The normalized spacial score (nSPS) is 13.2. The van der Waals surface area contributed by atoms with E-state index in [9.17, 15) is 0 Å². The molecule has 0 aliphatic heterocycles. The van der Waals surface area contributed by atoms with Crippen molar-refractivity contribution >= 4 is 32.6 Å². The Labute approximate surface area is 291 Å². The van der Waals surface area contributed by atoms with Gasteiger partial charge in [-0.15, -0.1) is 0 Å². The molecule has 236 valence electrons. The molecule has 0 amide bonds. The summed E-state index contributed by atoms with van der Waals surface area (Å²) in [6.07, 6.45) is 3.95. The van der Waals surface area contributed by atoms with Gasteiger partial charge in [-0.1, -0.05) is 129 Å². The van der Waals surface area contributed by atoms with Crippen molar-refractivity contribution in [2.75, 3.05) is 0 Å². The molecule has 50 heavy (non-hydrogen) atoms. The topological polar surface area (TPSA) is 30.7 Å². The fourth-order valence-corrected chi connectivity index (χ4v) is 8.27. The van der Waals surface area contributed by atoms with E-state index >= 15 is 0 Å². The minimum Gasteiger partial charge on any atom is -0.278 e. The summed E-state index contributed by atoms with van der Waals surface area (Å²) >= 11 is 0. The Morgan fingerprint density at radius 1 is 0.440 bits per heavy atom. The number of rotatable bonds is 4. The van der Waals surface area contributed by atoms with Gasteiger partial charge < -0.3 is 0 Å². The van der Waals surface area contributed by atoms with Crippen LogP contribution in [0.1, 0.15) is 25.0 Å². The second kappa shape index (κ2) is 10.8. The smallest absolute Gasteiger partial charge is 0.234 e. The molecule has 9 aromatic rings. The number of hydrogen-bond donors (Lipinski definition) is 0. The van der Waals surface area contributed by atoms with E-state index in [1.54, 1.807) is 0 Å². The summed E-state index contributed by atoms with van der Waals surface area (Å²) in [5, 5.41) is 4.94. The number of benzene rings is 7. The van der Waals surface area contributed by atoms with Crippen molar-refractivity contribution in [1.29, 1.82) is 0 Å². The zero-order valence-electron chi connectivity index (χ0n) is 27.9. The molecule has 7 aromatic carbocycles. The maximum atomic E-state index is 5.07. The molecule has 0 saturated heterocycles. The molecule has 1 aliphatic rings.